The van der Waals surface area contributed by atoms with Crippen molar-refractivity contribution >= 4 is 35.8 Å². The highest BCUT2D eigenvalue weighted by Crippen LogP contribution is 2.06. The molecule has 0 unspecified atom stereocenters. The smallest absolute Gasteiger partial charge is 0.221 e. The molecule has 0 aromatic heterocycles. The van der Waals surface area contributed by atoms with Crippen molar-refractivity contribution in [2.45, 2.75) is 46.1 Å². The third-order valence-corrected chi connectivity index (χ3v) is 2.73. The lowest BCUT2D eigenvalue weighted by Gasteiger charge is -2.21. The number of aliphatic imine (C=N–C) groups is 1. The van der Waals surface area contributed by atoms with Gasteiger partial charge in [0.2, 0.25) is 5.91 Å². The first-order chi connectivity index (χ1) is 9.45. The predicted molar refractivity (Wildman–Crippen MR) is 98.4 cm³/mol. The highest BCUT2D eigenvalue weighted by atomic mass is 127. The van der Waals surface area contributed by atoms with Crippen LogP contribution in [0.5, 0.6) is 0 Å². The van der Waals surface area contributed by atoms with Crippen molar-refractivity contribution in [1.29, 1.82) is 0 Å². The van der Waals surface area contributed by atoms with Crippen LogP contribution in [0.4, 0.5) is 0 Å². The van der Waals surface area contributed by atoms with Gasteiger partial charge in [-0.3, -0.25) is 9.79 Å². The molecular weight excluding hydrogens is 383 g/mol. The number of ether oxygens (including phenoxy) is 1. The van der Waals surface area contributed by atoms with Crippen molar-refractivity contribution in [1.82, 2.24) is 16.0 Å². The molecule has 0 spiro atoms. The van der Waals surface area contributed by atoms with Crippen molar-refractivity contribution in [3.63, 3.8) is 0 Å². The number of carbonyl (C=O) groups excluding carboxylic acids is 1. The van der Waals surface area contributed by atoms with Gasteiger partial charge in [0.15, 0.2) is 5.96 Å². The maximum Gasteiger partial charge on any atom is 0.221 e. The molecule has 0 aliphatic heterocycles. The van der Waals surface area contributed by atoms with Crippen LogP contribution in [0.1, 0.15) is 40.5 Å². The first kappa shape index (κ1) is 22.7. The van der Waals surface area contributed by atoms with E-state index in [4.69, 9.17) is 4.74 Å². The summed E-state index contributed by atoms with van der Waals surface area (Å²) in [6, 6.07) is 0. The predicted octanol–water partition coefficient (Wildman–Crippen LogP) is 1.50. The lowest BCUT2D eigenvalue weighted by atomic mass is 10.1. The van der Waals surface area contributed by atoms with Crippen molar-refractivity contribution < 1.29 is 9.53 Å². The number of carbonyl (C=O) groups is 1. The van der Waals surface area contributed by atoms with E-state index >= 15 is 0 Å². The molecule has 0 rings (SSSR count). The van der Waals surface area contributed by atoms with E-state index in [0.717, 1.165) is 19.5 Å². The number of guanidine groups is 1. The molecule has 0 aliphatic rings. The van der Waals surface area contributed by atoms with Gasteiger partial charge >= 0.3 is 0 Å². The van der Waals surface area contributed by atoms with E-state index in [1.54, 1.807) is 7.11 Å². The Morgan fingerprint density at radius 2 is 1.81 bits per heavy atom. The molecule has 1 amide bonds. The third-order valence-electron chi connectivity index (χ3n) is 2.73. The number of methoxy groups -OCH3 is 1. The van der Waals surface area contributed by atoms with E-state index in [-0.39, 0.29) is 35.5 Å². The number of rotatable bonds is 9. The average molecular weight is 414 g/mol. The van der Waals surface area contributed by atoms with Gasteiger partial charge in [-0.15, -0.1) is 24.0 Å². The zero-order valence-electron chi connectivity index (χ0n) is 13.9. The Morgan fingerprint density at radius 1 is 1.14 bits per heavy atom. The summed E-state index contributed by atoms with van der Waals surface area (Å²) >= 11 is 0. The number of hydrogen-bond donors (Lipinski definition) is 3. The second-order valence-corrected chi connectivity index (χ2v) is 5.19. The molecule has 3 N–H and O–H groups in total. The number of nitrogens with one attached hydrogen (secondary N) is 3. The summed E-state index contributed by atoms with van der Waals surface area (Å²) in [5.74, 6) is 0.772. The van der Waals surface area contributed by atoms with Crippen molar-refractivity contribution in [2.75, 3.05) is 33.3 Å². The van der Waals surface area contributed by atoms with Crippen LogP contribution < -0.4 is 16.0 Å². The van der Waals surface area contributed by atoms with Crippen LogP contribution in [-0.4, -0.2) is 50.8 Å². The Morgan fingerprint density at radius 3 is 2.33 bits per heavy atom. The molecule has 0 aromatic rings. The van der Waals surface area contributed by atoms with Gasteiger partial charge in [0.25, 0.3) is 0 Å². The number of nitrogens with zero attached hydrogens (tertiary/aromatic N) is 1. The lowest BCUT2D eigenvalue weighted by Crippen LogP contribution is -2.40. The van der Waals surface area contributed by atoms with Crippen LogP contribution in [-0.2, 0) is 9.53 Å². The molecule has 0 saturated carbocycles. The van der Waals surface area contributed by atoms with E-state index in [9.17, 15) is 4.79 Å². The number of hydrogen-bond acceptors (Lipinski definition) is 3. The van der Waals surface area contributed by atoms with Gasteiger partial charge < -0.3 is 20.7 Å². The van der Waals surface area contributed by atoms with Crippen LogP contribution in [0.3, 0.4) is 0 Å². The van der Waals surface area contributed by atoms with Crippen molar-refractivity contribution in [3.8, 4) is 0 Å². The Bertz CT molecular complexity index is 309. The number of halogens is 1. The average Bonchev–Trinajstić information content (AvgIpc) is 2.42. The first-order valence-corrected chi connectivity index (χ1v) is 7.29. The third kappa shape index (κ3) is 12.9. The zero-order valence-corrected chi connectivity index (χ0v) is 16.2. The molecule has 0 atom stereocenters. The summed E-state index contributed by atoms with van der Waals surface area (Å²) in [5, 5.41) is 9.14. The highest BCUT2D eigenvalue weighted by Gasteiger charge is 2.15. The molecule has 0 heterocycles. The van der Waals surface area contributed by atoms with Gasteiger partial charge in [0, 0.05) is 33.2 Å². The summed E-state index contributed by atoms with van der Waals surface area (Å²) in [6.45, 7) is 10.6. The Kier molecular flexibility index (Phi) is 14.2. The van der Waals surface area contributed by atoms with Crippen molar-refractivity contribution in [3.05, 3.63) is 0 Å². The normalized spacial score (nSPS) is 11.6. The van der Waals surface area contributed by atoms with E-state index in [0.29, 0.717) is 25.5 Å². The second kappa shape index (κ2) is 13.1. The summed E-state index contributed by atoms with van der Waals surface area (Å²) in [6.07, 6.45) is 1.40. The monoisotopic (exact) mass is 414 g/mol. The van der Waals surface area contributed by atoms with Gasteiger partial charge in [-0.2, -0.15) is 0 Å². The topological polar surface area (TPSA) is 74.8 Å². The maximum absolute atomic E-state index is 11.5. The minimum absolute atomic E-state index is 0. The highest BCUT2D eigenvalue weighted by molar-refractivity contribution is 14.0. The van der Waals surface area contributed by atoms with Crippen molar-refractivity contribution in [2.24, 2.45) is 4.99 Å². The molecule has 0 radical (unpaired) electrons. The van der Waals surface area contributed by atoms with E-state index in [1.807, 2.05) is 27.7 Å². The first-order valence-electron chi connectivity index (χ1n) is 7.29. The summed E-state index contributed by atoms with van der Waals surface area (Å²) in [5.41, 5.74) is -0.291. The summed E-state index contributed by atoms with van der Waals surface area (Å²) in [4.78, 5) is 15.9. The van der Waals surface area contributed by atoms with E-state index in [1.165, 1.54) is 0 Å². The molecule has 0 aliphatic carbocycles. The van der Waals surface area contributed by atoms with Gasteiger partial charge in [-0.25, -0.2) is 0 Å². The fourth-order valence-corrected chi connectivity index (χ4v) is 1.32. The zero-order chi connectivity index (χ0) is 15.4. The number of amides is 1. The van der Waals surface area contributed by atoms with Crippen LogP contribution >= 0.6 is 24.0 Å². The molecule has 0 bridgehead atoms. The van der Waals surface area contributed by atoms with E-state index < -0.39 is 0 Å². The Balaban J connectivity index is 0. The maximum atomic E-state index is 11.5. The SMILES string of the molecule is CCCNC(=O)CCNC(=NCC(C)(C)OC)NCC.I. The fraction of sp³-hybridized carbons (Fsp3) is 0.857. The molecule has 6 nitrogen and oxygen atoms in total. The molecule has 7 heteroatoms. The molecular formula is C14H31IN4O2. The fourth-order valence-electron chi connectivity index (χ4n) is 1.32. The van der Waals surface area contributed by atoms with Gasteiger partial charge in [-0.05, 0) is 27.2 Å². The molecule has 0 saturated heterocycles. The van der Waals surface area contributed by atoms with Crippen LogP contribution in [0.15, 0.2) is 4.99 Å². The summed E-state index contributed by atoms with van der Waals surface area (Å²) in [7, 11) is 1.67. The minimum atomic E-state index is -0.291. The largest absolute Gasteiger partial charge is 0.377 e. The van der Waals surface area contributed by atoms with Gasteiger partial charge in [-0.1, -0.05) is 6.92 Å². The van der Waals surface area contributed by atoms with Gasteiger partial charge in [0.1, 0.15) is 0 Å². The molecule has 0 aromatic carbocycles. The lowest BCUT2D eigenvalue weighted by molar-refractivity contribution is -0.120. The van der Waals surface area contributed by atoms with Crippen LogP contribution in [0.25, 0.3) is 0 Å². The van der Waals surface area contributed by atoms with Gasteiger partial charge in [0.05, 0.1) is 12.1 Å². The minimum Gasteiger partial charge on any atom is -0.377 e. The van der Waals surface area contributed by atoms with E-state index in [2.05, 4.69) is 20.9 Å². The summed E-state index contributed by atoms with van der Waals surface area (Å²) < 4.78 is 5.33. The molecule has 0 fully saturated rings. The quantitative estimate of drug-likeness (QED) is 0.304. The van der Waals surface area contributed by atoms with Crippen LogP contribution in [0.2, 0.25) is 0 Å². The Labute approximate surface area is 145 Å². The Hall–Kier alpha value is -0.570. The van der Waals surface area contributed by atoms with Crippen LogP contribution in [0, 0.1) is 0 Å². The molecule has 126 valence electrons. The second-order valence-electron chi connectivity index (χ2n) is 5.19. The molecule has 21 heavy (non-hydrogen) atoms. The standard InChI is InChI=1S/C14H30N4O2.HI/c1-6-9-16-12(19)8-10-17-13(15-7-2)18-11-14(3,4)20-5;/h6-11H2,1-5H3,(H,16,19)(H2,15,17,18);1H.